The number of carboxylic acid groups (broad SMARTS) is 1. The van der Waals surface area contributed by atoms with E-state index in [0.29, 0.717) is 12.8 Å². The van der Waals surface area contributed by atoms with Crippen LogP contribution in [0.5, 0.6) is 0 Å². The van der Waals surface area contributed by atoms with Crippen molar-refractivity contribution in [3.63, 3.8) is 0 Å². The van der Waals surface area contributed by atoms with E-state index in [1.54, 1.807) is 13.8 Å². The molecule has 0 atom stereocenters. The van der Waals surface area contributed by atoms with Crippen LogP contribution in [0.1, 0.15) is 46.0 Å². The number of rotatable bonds is 7. The molecule has 16 heavy (non-hydrogen) atoms. The van der Waals surface area contributed by atoms with Gasteiger partial charge in [0.2, 0.25) is 5.91 Å². The number of hydrogen-bond acceptors (Lipinski definition) is 2. The topological polar surface area (TPSA) is 66.4 Å². The van der Waals surface area contributed by atoms with Crippen molar-refractivity contribution in [3.8, 4) is 12.3 Å². The van der Waals surface area contributed by atoms with E-state index < -0.39 is 11.5 Å². The normalized spacial score (nSPS) is 10.6. The predicted octanol–water partition coefficient (Wildman–Crippen LogP) is 1.55. The van der Waals surface area contributed by atoms with Crippen molar-refractivity contribution in [1.82, 2.24) is 5.32 Å². The van der Waals surface area contributed by atoms with Gasteiger partial charge in [-0.2, -0.15) is 0 Å². The monoisotopic (exact) mass is 225 g/mol. The second-order valence-electron chi connectivity index (χ2n) is 4.41. The third kappa shape index (κ3) is 7.86. The van der Waals surface area contributed by atoms with Crippen LogP contribution >= 0.6 is 0 Å². The van der Waals surface area contributed by atoms with E-state index in [1.165, 1.54) is 0 Å². The van der Waals surface area contributed by atoms with Gasteiger partial charge in [-0.05, 0) is 26.7 Å². The fourth-order valence-corrected chi connectivity index (χ4v) is 1.37. The van der Waals surface area contributed by atoms with E-state index in [0.717, 1.165) is 12.8 Å². The minimum Gasteiger partial charge on any atom is -0.481 e. The largest absolute Gasteiger partial charge is 0.481 e. The summed E-state index contributed by atoms with van der Waals surface area (Å²) >= 11 is 0. The molecule has 0 bridgehead atoms. The van der Waals surface area contributed by atoms with Crippen LogP contribution in [0.2, 0.25) is 0 Å². The first-order valence-corrected chi connectivity index (χ1v) is 5.33. The molecule has 4 heteroatoms. The number of nitrogens with one attached hydrogen (secondary N) is 1. The minimum atomic E-state index is -0.919. The Hall–Kier alpha value is -1.50. The minimum absolute atomic E-state index is 0.0803. The molecule has 1 amide bonds. The van der Waals surface area contributed by atoms with Gasteiger partial charge in [0.25, 0.3) is 0 Å². The molecule has 0 fully saturated rings. The van der Waals surface area contributed by atoms with Crippen LogP contribution in [0.4, 0.5) is 0 Å². The lowest BCUT2D eigenvalue weighted by Gasteiger charge is -2.24. The molecule has 0 aromatic carbocycles. The highest BCUT2D eigenvalue weighted by Crippen LogP contribution is 2.09. The van der Waals surface area contributed by atoms with Gasteiger partial charge in [-0.15, -0.1) is 12.3 Å². The smallest absolute Gasteiger partial charge is 0.305 e. The first-order chi connectivity index (χ1) is 7.37. The number of carbonyl (C=O) groups is 2. The average molecular weight is 225 g/mol. The summed E-state index contributed by atoms with van der Waals surface area (Å²) < 4.78 is 0. The molecular weight excluding hydrogens is 206 g/mol. The van der Waals surface area contributed by atoms with E-state index >= 15 is 0 Å². The number of amides is 1. The zero-order valence-electron chi connectivity index (χ0n) is 9.88. The molecule has 0 unspecified atom stereocenters. The summed E-state index contributed by atoms with van der Waals surface area (Å²) in [6, 6.07) is 0. The lowest BCUT2D eigenvalue weighted by atomic mass is 10.0. The SMILES string of the molecule is C#CCCCCC(=O)NC(C)(C)CC(=O)O. The van der Waals surface area contributed by atoms with Crippen LogP contribution in [0, 0.1) is 12.3 Å². The molecule has 2 N–H and O–H groups in total. The molecule has 0 radical (unpaired) electrons. The number of unbranched alkanes of at least 4 members (excludes halogenated alkanes) is 2. The van der Waals surface area contributed by atoms with Gasteiger partial charge in [0.05, 0.1) is 6.42 Å². The maximum absolute atomic E-state index is 11.4. The highest BCUT2D eigenvalue weighted by Gasteiger charge is 2.23. The Bertz CT molecular complexity index is 289. The lowest BCUT2D eigenvalue weighted by Crippen LogP contribution is -2.44. The molecule has 0 aliphatic rings. The van der Waals surface area contributed by atoms with E-state index in [4.69, 9.17) is 11.5 Å². The highest BCUT2D eigenvalue weighted by molar-refractivity contribution is 5.78. The van der Waals surface area contributed by atoms with Crippen molar-refractivity contribution in [2.75, 3.05) is 0 Å². The molecule has 0 rings (SSSR count). The molecule has 0 heterocycles. The number of carbonyl (C=O) groups excluding carboxylic acids is 1. The number of aliphatic carboxylic acids is 1. The Morgan fingerprint density at radius 2 is 2.00 bits per heavy atom. The zero-order valence-corrected chi connectivity index (χ0v) is 9.88. The quantitative estimate of drug-likeness (QED) is 0.510. The summed E-state index contributed by atoms with van der Waals surface area (Å²) in [4.78, 5) is 22.0. The molecule has 0 aromatic rings. The van der Waals surface area contributed by atoms with Gasteiger partial charge in [0, 0.05) is 18.4 Å². The Morgan fingerprint density at radius 1 is 1.38 bits per heavy atom. The molecule has 0 spiro atoms. The van der Waals surface area contributed by atoms with Crippen molar-refractivity contribution < 1.29 is 14.7 Å². The second-order valence-corrected chi connectivity index (χ2v) is 4.41. The zero-order chi connectivity index (χ0) is 12.6. The Morgan fingerprint density at radius 3 is 2.50 bits per heavy atom. The third-order valence-electron chi connectivity index (χ3n) is 2.05. The summed E-state index contributed by atoms with van der Waals surface area (Å²) in [5.41, 5.74) is -0.699. The maximum atomic E-state index is 11.4. The summed E-state index contributed by atoms with van der Waals surface area (Å²) in [6.07, 6.45) is 7.63. The highest BCUT2D eigenvalue weighted by atomic mass is 16.4. The van der Waals surface area contributed by atoms with Crippen molar-refractivity contribution in [2.24, 2.45) is 0 Å². The number of terminal acetylenes is 1. The van der Waals surface area contributed by atoms with E-state index in [9.17, 15) is 9.59 Å². The average Bonchev–Trinajstić information content (AvgIpc) is 2.09. The number of carboxylic acids is 1. The van der Waals surface area contributed by atoms with Gasteiger partial charge in [-0.3, -0.25) is 9.59 Å². The molecule has 0 aliphatic carbocycles. The molecule has 0 aliphatic heterocycles. The van der Waals surface area contributed by atoms with Crippen molar-refractivity contribution in [2.45, 2.75) is 51.5 Å². The standard InChI is InChI=1S/C12H19NO3/c1-4-5-6-7-8-10(14)13-12(2,3)9-11(15)16/h1H,5-9H2,2-3H3,(H,13,14)(H,15,16). The van der Waals surface area contributed by atoms with Crippen LogP contribution in [-0.2, 0) is 9.59 Å². The molecule has 90 valence electrons. The van der Waals surface area contributed by atoms with E-state index in [2.05, 4.69) is 11.2 Å². The fraction of sp³-hybridized carbons (Fsp3) is 0.667. The van der Waals surface area contributed by atoms with Crippen LogP contribution in [-0.4, -0.2) is 22.5 Å². The van der Waals surface area contributed by atoms with Crippen LogP contribution in [0.15, 0.2) is 0 Å². The van der Waals surface area contributed by atoms with E-state index in [-0.39, 0.29) is 12.3 Å². The van der Waals surface area contributed by atoms with Gasteiger partial charge in [0.1, 0.15) is 0 Å². The van der Waals surface area contributed by atoms with Crippen molar-refractivity contribution in [1.29, 1.82) is 0 Å². The molecular formula is C12H19NO3. The predicted molar refractivity (Wildman–Crippen MR) is 61.8 cm³/mol. The summed E-state index contributed by atoms with van der Waals surface area (Å²) in [5.74, 6) is 1.47. The first-order valence-electron chi connectivity index (χ1n) is 5.33. The van der Waals surface area contributed by atoms with Crippen molar-refractivity contribution in [3.05, 3.63) is 0 Å². The molecule has 0 saturated carbocycles. The number of hydrogen-bond donors (Lipinski definition) is 2. The van der Waals surface area contributed by atoms with Gasteiger partial charge >= 0.3 is 5.97 Å². The van der Waals surface area contributed by atoms with Crippen molar-refractivity contribution >= 4 is 11.9 Å². The second kappa shape index (κ2) is 6.89. The van der Waals surface area contributed by atoms with Gasteiger partial charge in [0.15, 0.2) is 0 Å². The Labute approximate surface area is 96.4 Å². The third-order valence-corrected chi connectivity index (χ3v) is 2.05. The maximum Gasteiger partial charge on any atom is 0.305 e. The van der Waals surface area contributed by atoms with Crippen LogP contribution in [0.25, 0.3) is 0 Å². The molecule has 4 nitrogen and oxygen atoms in total. The molecule has 0 saturated heterocycles. The first kappa shape index (κ1) is 14.5. The molecule has 0 aromatic heterocycles. The van der Waals surface area contributed by atoms with Gasteiger partial charge in [-0.25, -0.2) is 0 Å². The summed E-state index contributed by atoms with van der Waals surface area (Å²) in [5, 5.41) is 11.3. The summed E-state index contributed by atoms with van der Waals surface area (Å²) in [6.45, 7) is 3.39. The fourth-order valence-electron chi connectivity index (χ4n) is 1.37. The Kier molecular flexibility index (Phi) is 6.24. The Balaban J connectivity index is 3.86. The van der Waals surface area contributed by atoms with Crippen LogP contribution in [0.3, 0.4) is 0 Å². The van der Waals surface area contributed by atoms with Gasteiger partial charge < -0.3 is 10.4 Å². The lowest BCUT2D eigenvalue weighted by molar-refractivity contribution is -0.138. The van der Waals surface area contributed by atoms with Crippen LogP contribution < -0.4 is 5.32 Å². The van der Waals surface area contributed by atoms with E-state index in [1.807, 2.05) is 0 Å². The van der Waals surface area contributed by atoms with Gasteiger partial charge in [-0.1, -0.05) is 0 Å². The summed E-state index contributed by atoms with van der Waals surface area (Å²) in [7, 11) is 0.